The number of hydrogen-bond donors (Lipinski definition) is 2. The number of rotatable bonds is 7. The Labute approximate surface area is 163 Å². The molecule has 0 radical (unpaired) electrons. The van der Waals surface area contributed by atoms with E-state index in [2.05, 4.69) is 62.9 Å². The highest BCUT2D eigenvalue weighted by Crippen LogP contribution is 2.23. The average molecular weight is 372 g/mol. The third kappa shape index (κ3) is 4.86. The van der Waals surface area contributed by atoms with Crippen LogP contribution >= 0.6 is 0 Å². The molecule has 27 heavy (non-hydrogen) atoms. The average Bonchev–Trinajstić information content (AvgIpc) is 2.68. The number of nitrogens with one attached hydrogen (secondary N) is 2. The fourth-order valence-electron chi connectivity index (χ4n) is 3.65. The number of benzene rings is 1. The van der Waals surface area contributed by atoms with Crippen molar-refractivity contribution in [1.29, 1.82) is 0 Å². The highest BCUT2D eigenvalue weighted by atomic mass is 15.5. The fourth-order valence-corrected chi connectivity index (χ4v) is 3.65. The van der Waals surface area contributed by atoms with Gasteiger partial charge in [0.05, 0.1) is 11.9 Å². The molecule has 1 fully saturated rings. The summed E-state index contributed by atoms with van der Waals surface area (Å²) in [5, 5.41) is 14.2. The van der Waals surface area contributed by atoms with Crippen LogP contribution in [0.25, 0.3) is 0 Å². The molecule has 2 N–H and O–H groups in total. The quantitative estimate of drug-likeness (QED) is 0.716. The van der Waals surface area contributed by atoms with Crippen molar-refractivity contribution in [1.82, 2.24) is 20.1 Å². The second-order valence-electron chi connectivity index (χ2n) is 7.48. The molecule has 7 heteroatoms. The van der Waals surface area contributed by atoms with Crippen molar-refractivity contribution in [2.45, 2.75) is 32.4 Å². The van der Waals surface area contributed by atoms with E-state index in [0.29, 0.717) is 0 Å². The van der Waals surface area contributed by atoms with Gasteiger partial charge in [-0.1, -0.05) is 13.3 Å². The summed E-state index contributed by atoms with van der Waals surface area (Å²) in [5.74, 6) is 0.940. The van der Waals surface area contributed by atoms with Crippen LogP contribution in [0.15, 0.2) is 28.4 Å². The van der Waals surface area contributed by atoms with E-state index in [1.54, 1.807) is 0 Å². The summed E-state index contributed by atoms with van der Waals surface area (Å²) in [6.07, 6.45) is 5.53. The Morgan fingerprint density at radius 1 is 1.26 bits per heavy atom. The first-order valence-electron chi connectivity index (χ1n) is 9.96. The van der Waals surface area contributed by atoms with Crippen LogP contribution in [0, 0.1) is 0 Å². The number of unbranched alkanes of at least 4 members (excludes halogenated alkanes) is 1. The van der Waals surface area contributed by atoms with Gasteiger partial charge in [-0.05, 0) is 36.6 Å². The summed E-state index contributed by atoms with van der Waals surface area (Å²) in [6.45, 7) is 6.34. The van der Waals surface area contributed by atoms with E-state index in [4.69, 9.17) is 0 Å². The molecule has 2 aliphatic heterocycles. The molecule has 148 valence electrons. The van der Waals surface area contributed by atoms with Gasteiger partial charge < -0.3 is 15.6 Å². The molecule has 1 atom stereocenters. The van der Waals surface area contributed by atoms with Gasteiger partial charge in [0.25, 0.3) is 0 Å². The molecule has 7 nitrogen and oxygen atoms in total. The Kier molecular flexibility index (Phi) is 6.82. The van der Waals surface area contributed by atoms with Crippen LogP contribution in [0.3, 0.4) is 0 Å². The highest BCUT2D eigenvalue weighted by molar-refractivity contribution is 6.01. The minimum atomic E-state index is 0.165. The van der Waals surface area contributed by atoms with Crippen molar-refractivity contribution in [3.05, 3.63) is 29.3 Å². The topological polar surface area (TPSA) is 58.5 Å². The predicted octanol–water partition coefficient (Wildman–Crippen LogP) is 1.83. The third-order valence-corrected chi connectivity index (χ3v) is 5.12. The van der Waals surface area contributed by atoms with Crippen LogP contribution in [0.2, 0.25) is 0 Å². The monoisotopic (exact) mass is 371 g/mol. The van der Waals surface area contributed by atoms with Crippen molar-refractivity contribution >= 4 is 17.7 Å². The largest absolute Gasteiger partial charge is 0.337 e. The second kappa shape index (κ2) is 9.30. The fraction of sp³-hybridized carbons (Fsp3) is 0.600. The molecule has 2 aliphatic rings. The summed E-state index contributed by atoms with van der Waals surface area (Å²) in [7, 11) is 6.15. The summed E-state index contributed by atoms with van der Waals surface area (Å²) in [4.78, 5) is 4.70. The van der Waals surface area contributed by atoms with Gasteiger partial charge in [0.1, 0.15) is 6.17 Å². The zero-order valence-electron chi connectivity index (χ0n) is 17.1. The maximum atomic E-state index is 4.48. The summed E-state index contributed by atoms with van der Waals surface area (Å²) in [5.41, 5.74) is 7.04. The Morgan fingerprint density at radius 2 is 2.04 bits per heavy atom. The Balaban J connectivity index is 1.83. The predicted molar refractivity (Wildman–Crippen MR) is 113 cm³/mol. The van der Waals surface area contributed by atoms with E-state index in [0.717, 1.165) is 44.0 Å². The molecule has 1 saturated heterocycles. The van der Waals surface area contributed by atoms with Gasteiger partial charge in [-0.25, -0.2) is 5.01 Å². The second-order valence-corrected chi connectivity index (χ2v) is 7.48. The number of amidine groups is 1. The Bertz CT molecular complexity index is 677. The molecule has 0 bridgehead atoms. The number of anilines is 1. The number of nitrogens with zero attached hydrogens (tertiary/aromatic N) is 5. The molecule has 0 aromatic heterocycles. The smallest absolute Gasteiger partial charge is 0.159 e. The standard InChI is InChI=1S/C20H33N7/c1-5-6-7-16-14-17(8-9-18(16)24-25(2)3)20-23-22-15-19(26(20)4)27-12-10-21-11-13-27/h8-9,14-15,19,21,24H,5-7,10-13H2,1-4H3. The van der Waals surface area contributed by atoms with Crippen LogP contribution in [-0.2, 0) is 6.42 Å². The summed E-state index contributed by atoms with van der Waals surface area (Å²) >= 11 is 0. The van der Waals surface area contributed by atoms with Crippen molar-refractivity contribution in [2.75, 3.05) is 52.7 Å². The van der Waals surface area contributed by atoms with Crippen LogP contribution in [0.1, 0.15) is 30.9 Å². The van der Waals surface area contributed by atoms with Crippen molar-refractivity contribution in [2.24, 2.45) is 10.2 Å². The van der Waals surface area contributed by atoms with E-state index in [1.807, 2.05) is 25.3 Å². The molecule has 2 heterocycles. The maximum absolute atomic E-state index is 4.48. The molecule has 0 aliphatic carbocycles. The van der Waals surface area contributed by atoms with Gasteiger partial charge in [0, 0.05) is 52.9 Å². The van der Waals surface area contributed by atoms with Crippen molar-refractivity contribution in [3.63, 3.8) is 0 Å². The van der Waals surface area contributed by atoms with Gasteiger partial charge >= 0.3 is 0 Å². The molecule has 1 unspecified atom stereocenters. The summed E-state index contributed by atoms with van der Waals surface area (Å²) in [6, 6.07) is 6.58. The SMILES string of the molecule is CCCCc1cc(C2=NN=CC(N3CCNCC3)N2C)ccc1NN(C)C. The lowest BCUT2D eigenvalue weighted by atomic mass is 10.0. The van der Waals surface area contributed by atoms with Gasteiger partial charge in [-0.15, -0.1) is 5.10 Å². The van der Waals surface area contributed by atoms with E-state index in [1.165, 1.54) is 24.1 Å². The number of piperazine rings is 1. The van der Waals surface area contributed by atoms with Gasteiger partial charge in [-0.3, -0.25) is 4.90 Å². The van der Waals surface area contributed by atoms with E-state index in [9.17, 15) is 0 Å². The first kappa shape index (κ1) is 19.8. The highest BCUT2D eigenvalue weighted by Gasteiger charge is 2.28. The molecule has 1 aromatic rings. The van der Waals surface area contributed by atoms with Crippen LogP contribution < -0.4 is 10.7 Å². The molecule has 0 saturated carbocycles. The van der Waals surface area contributed by atoms with Crippen LogP contribution in [-0.4, -0.2) is 80.3 Å². The van der Waals surface area contributed by atoms with Gasteiger partial charge in [0.15, 0.2) is 5.84 Å². The summed E-state index contributed by atoms with van der Waals surface area (Å²) < 4.78 is 0. The lowest BCUT2D eigenvalue weighted by Crippen LogP contribution is -2.57. The van der Waals surface area contributed by atoms with Crippen molar-refractivity contribution < 1.29 is 0 Å². The molecule has 0 spiro atoms. The zero-order valence-corrected chi connectivity index (χ0v) is 17.1. The lowest BCUT2D eigenvalue weighted by molar-refractivity contribution is 0.142. The van der Waals surface area contributed by atoms with E-state index >= 15 is 0 Å². The van der Waals surface area contributed by atoms with Gasteiger partial charge in [-0.2, -0.15) is 5.10 Å². The number of aryl methyl sites for hydroxylation is 1. The molecule has 1 aromatic carbocycles. The molecule has 0 amide bonds. The molecular formula is C20H33N7. The van der Waals surface area contributed by atoms with Gasteiger partial charge in [0.2, 0.25) is 0 Å². The van der Waals surface area contributed by atoms with Crippen LogP contribution in [0.4, 0.5) is 5.69 Å². The number of hydrogen-bond acceptors (Lipinski definition) is 7. The Hall–Kier alpha value is -1.96. The first-order valence-corrected chi connectivity index (χ1v) is 9.96. The maximum Gasteiger partial charge on any atom is 0.159 e. The third-order valence-electron chi connectivity index (χ3n) is 5.12. The first-order chi connectivity index (χ1) is 13.1. The number of hydrazine groups is 1. The minimum absolute atomic E-state index is 0.165. The minimum Gasteiger partial charge on any atom is -0.337 e. The van der Waals surface area contributed by atoms with E-state index < -0.39 is 0 Å². The van der Waals surface area contributed by atoms with E-state index in [-0.39, 0.29) is 6.17 Å². The van der Waals surface area contributed by atoms with Crippen molar-refractivity contribution in [3.8, 4) is 0 Å². The molecule has 3 rings (SSSR count). The normalized spacial score (nSPS) is 20.9. The van der Waals surface area contributed by atoms with Crippen LogP contribution in [0.5, 0.6) is 0 Å². The lowest BCUT2D eigenvalue weighted by Gasteiger charge is -2.40. The Morgan fingerprint density at radius 3 is 2.74 bits per heavy atom. The molecular weight excluding hydrogens is 338 g/mol. The zero-order chi connectivity index (χ0) is 19.2.